The van der Waals surface area contributed by atoms with E-state index in [1.165, 1.54) is 12.1 Å². The molecule has 3 rings (SSSR count). The Hall–Kier alpha value is -3.43. The third kappa shape index (κ3) is 3.95. The Morgan fingerprint density at radius 2 is 1.82 bits per heavy atom. The molecular weight excluding hydrogens is 381 g/mol. The zero-order valence-electron chi connectivity index (χ0n) is 14.2. The number of alkyl halides is 3. The van der Waals surface area contributed by atoms with Gasteiger partial charge in [0.15, 0.2) is 0 Å². The van der Waals surface area contributed by atoms with Crippen molar-refractivity contribution < 1.29 is 32.4 Å². The average molecular weight is 394 g/mol. The quantitative estimate of drug-likeness (QED) is 0.339. The normalized spacial score (nSPS) is 14.2. The maximum Gasteiger partial charge on any atom is 0.416 e. The Balaban J connectivity index is 1.81. The molecule has 10 heteroatoms. The molecule has 1 heterocycles. The van der Waals surface area contributed by atoms with Crippen LogP contribution in [-0.2, 0) is 11.0 Å². The molecule has 0 atom stereocenters. The molecule has 0 N–H and O–H groups in total. The molecule has 1 aliphatic heterocycles. The number of carbonyl (C=O) groups excluding carboxylic acids is 2. The van der Waals surface area contributed by atoms with Gasteiger partial charge in [0.1, 0.15) is 11.3 Å². The van der Waals surface area contributed by atoms with Crippen LogP contribution in [0.2, 0.25) is 0 Å². The number of hydrogen-bond donors (Lipinski definition) is 0. The number of halogens is 3. The maximum absolute atomic E-state index is 12.7. The minimum atomic E-state index is -4.78. The lowest BCUT2D eigenvalue weighted by Crippen LogP contribution is -2.23. The molecule has 0 aromatic heterocycles. The second-order valence-corrected chi connectivity index (χ2v) is 6.02. The minimum absolute atomic E-state index is 0.0230. The Labute approximate surface area is 156 Å². The molecule has 2 aromatic carbocycles. The molecule has 28 heavy (non-hydrogen) atoms. The molecule has 0 saturated carbocycles. The van der Waals surface area contributed by atoms with Gasteiger partial charge in [-0.3, -0.25) is 14.9 Å². The number of nitrogens with zero attached hydrogens (tertiary/aromatic N) is 2. The van der Waals surface area contributed by atoms with Gasteiger partial charge in [0.25, 0.3) is 5.69 Å². The third-order valence-electron chi connectivity index (χ3n) is 4.17. The lowest BCUT2D eigenvalue weighted by atomic mass is 10.1. The van der Waals surface area contributed by atoms with Crippen molar-refractivity contribution in [2.75, 3.05) is 11.4 Å². The molecule has 0 radical (unpaired) electrons. The average Bonchev–Trinajstić information content (AvgIpc) is 3.07. The zero-order chi connectivity index (χ0) is 20.5. The van der Waals surface area contributed by atoms with Gasteiger partial charge >= 0.3 is 12.1 Å². The van der Waals surface area contributed by atoms with E-state index in [1.54, 1.807) is 17.0 Å². The van der Waals surface area contributed by atoms with Crippen molar-refractivity contribution in [1.82, 2.24) is 0 Å². The second kappa shape index (κ2) is 7.29. The van der Waals surface area contributed by atoms with E-state index in [0.717, 1.165) is 6.42 Å². The molecule has 0 unspecified atom stereocenters. The van der Waals surface area contributed by atoms with E-state index in [0.29, 0.717) is 36.9 Å². The first-order chi connectivity index (χ1) is 13.2. The van der Waals surface area contributed by atoms with Crippen LogP contribution in [0, 0.1) is 10.1 Å². The van der Waals surface area contributed by atoms with Crippen LogP contribution >= 0.6 is 0 Å². The number of esters is 1. The van der Waals surface area contributed by atoms with Crippen LogP contribution in [0.15, 0.2) is 42.5 Å². The van der Waals surface area contributed by atoms with E-state index in [2.05, 4.69) is 0 Å². The summed E-state index contributed by atoms with van der Waals surface area (Å²) in [5.41, 5.74) is -2.23. The molecule has 1 fully saturated rings. The number of nitro benzene ring substituents is 1. The van der Waals surface area contributed by atoms with Crippen molar-refractivity contribution in [2.45, 2.75) is 19.0 Å². The number of amides is 1. The van der Waals surface area contributed by atoms with Crippen LogP contribution in [0.5, 0.6) is 5.75 Å². The molecule has 0 bridgehead atoms. The highest BCUT2D eigenvalue weighted by molar-refractivity contribution is 5.96. The topological polar surface area (TPSA) is 89.8 Å². The highest BCUT2D eigenvalue weighted by Gasteiger charge is 2.34. The SMILES string of the molecule is O=C(Oc1ccc(N2CCCC2=O)cc1)c1ccc(C(F)(F)F)cc1[N+](=O)[O-]. The van der Waals surface area contributed by atoms with Crippen LogP contribution < -0.4 is 9.64 Å². The van der Waals surface area contributed by atoms with E-state index in [4.69, 9.17) is 4.74 Å². The molecule has 2 aromatic rings. The van der Waals surface area contributed by atoms with Crippen molar-refractivity contribution in [3.8, 4) is 5.75 Å². The highest BCUT2D eigenvalue weighted by atomic mass is 19.4. The summed E-state index contributed by atoms with van der Waals surface area (Å²) in [5, 5.41) is 11.1. The number of benzene rings is 2. The maximum atomic E-state index is 12.7. The zero-order valence-corrected chi connectivity index (χ0v) is 14.2. The molecule has 7 nitrogen and oxygen atoms in total. The lowest BCUT2D eigenvalue weighted by Gasteiger charge is -2.15. The molecule has 0 spiro atoms. The summed E-state index contributed by atoms with van der Waals surface area (Å²) < 4.78 is 43.2. The van der Waals surface area contributed by atoms with Gasteiger partial charge in [-0.25, -0.2) is 4.79 Å². The smallest absolute Gasteiger partial charge is 0.416 e. The number of carbonyl (C=O) groups is 2. The van der Waals surface area contributed by atoms with E-state index >= 15 is 0 Å². The number of anilines is 1. The number of ether oxygens (including phenoxy) is 1. The molecule has 1 aliphatic rings. The number of rotatable bonds is 4. The monoisotopic (exact) mass is 394 g/mol. The highest BCUT2D eigenvalue weighted by Crippen LogP contribution is 2.33. The van der Waals surface area contributed by atoms with E-state index in [9.17, 15) is 32.9 Å². The van der Waals surface area contributed by atoms with Gasteiger partial charge in [0.2, 0.25) is 5.91 Å². The Morgan fingerprint density at radius 3 is 2.36 bits per heavy atom. The summed E-state index contributed by atoms with van der Waals surface area (Å²) in [4.78, 5) is 35.5. The van der Waals surface area contributed by atoms with E-state index in [-0.39, 0.29) is 11.7 Å². The molecule has 1 amide bonds. The van der Waals surface area contributed by atoms with Crippen LogP contribution in [0.1, 0.15) is 28.8 Å². The molecule has 146 valence electrons. The van der Waals surface area contributed by atoms with Gasteiger partial charge in [0, 0.05) is 24.7 Å². The fourth-order valence-corrected chi connectivity index (χ4v) is 2.81. The summed E-state index contributed by atoms with van der Waals surface area (Å²) >= 11 is 0. The largest absolute Gasteiger partial charge is 0.423 e. The molecule has 1 saturated heterocycles. The Kier molecular flexibility index (Phi) is 5.04. The van der Waals surface area contributed by atoms with Gasteiger partial charge in [0.05, 0.1) is 10.5 Å². The third-order valence-corrected chi connectivity index (χ3v) is 4.17. The Morgan fingerprint density at radius 1 is 1.14 bits per heavy atom. The van der Waals surface area contributed by atoms with Gasteiger partial charge in [-0.05, 0) is 42.8 Å². The van der Waals surface area contributed by atoms with Crippen LogP contribution in [-0.4, -0.2) is 23.3 Å². The predicted octanol–water partition coefficient (Wildman–Crippen LogP) is 3.96. The van der Waals surface area contributed by atoms with Crippen LogP contribution in [0.4, 0.5) is 24.5 Å². The number of hydrogen-bond acceptors (Lipinski definition) is 5. The summed E-state index contributed by atoms with van der Waals surface area (Å²) in [7, 11) is 0. The molecular formula is C18H13F3N2O5. The lowest BCUT2D eigenvalue weighted by molar-refractivity contribution is -0.385. The van der Waals surface area contributed by atoms with Gasteiger partial charge in [-0.1, -0.05) is 0 Å². The fourth-order valence-electron chi connectivity index (χ4n) is 2.81. The predicted molar refractivity (Wildman–Crippen MR) is 91.1 cm³/mol. The van der Waals surface area contributed by atoms with Crippen molar-refractivity contribution in [3.63, 3.8) is 0 Å². The van der Waals surface area contributed by atoms with Gasteiger partial charge < -0.3 is 9.64 Å². The Bertz CT molecular complexity index is 941. The van der Waals surface area contributed by atoms with Crippen molar-refractivity contribution >= 4 is 23.3 Å². The van der Waals surface area contributed by atoms with Crippen molar-refractivity contribution in [1.29, 1.82) is 0 Å². The van der Waals surface area contributed by atoms with E-state index < -0.39 is 33.9 Å². The van der Waals surface area contributed by atoms with Gasteiger partial charge in [-0.15, -0.1) is 0 Å². The first kappa shape index (κ1) is 19.3. The van der Waals surface area contributed by atoms with Crippen molar-refractivity contribution in [3.05, 3.63) is 63.7 Å². The summed E-state index contributed by atoms with van der Waals surface area (Å²) in [6.45, 7) is 0.579. The summed E-state index contributed by atoms with van der Waals surface area (Å²) in [5.74, 6) is -1.15. The first-order valence-electron chi connectivity index (χ1n) is 8.15. The fraction of sp³-hybridized carbons (Fsp3) is 0.222. The molecule has 0 aliphatic carbocycles. The second-order valence-electron chi connectivity index (χ2n) is 6.02. The van der Waals surface area contributed by atoms with Crippen LogP contribution in [0.25, 0.3) is 0 Å². The van der Waals surface area contributed by atoms with Crippen LogP contribution in [0.3, 0.4) is 0 Å². The van der Waals surface area contributed by atoms with E-state index in [1.807, 2.05) is 0 Å². The van der Waals surface area contributed by atoms with Crippen molar-refractivity contribution in [2.24, 2.45) is 0 Å². The summed E-state index contributed by atoms with van der Waals surface area (Å²) in [6.07, 6.45) is -3.59. The standard InChI is InChI=1S/C18H13F3N2O5/c19-18(20,21)11-3-8-14(15(10-11)23(26)27)17(25)28-13-6-4-12(5-7-13)22-9-1-2-16(22)24/h3-8,10H,1-2,9H2. The van der Waals surface area contributed by atoms with Gasteiger partial charge in [-0.2, -0.15) is 13.2 Å². The summed E-state index contributed by atoms with van der Waals surface area (Å²) in [6, 6.07) is 7.47. The number of nitro groups is 1. The minimum Gasteiger partial charge on any atom is -0.423 e. The first-order valence-corrected chi connectivity index (χ1v) is 8.15.